The van der Waals surface area contributed by atoms with Crippen LogP contribution in [0.2, 0.25) is 0 Å². The zero-order valence-electron chi connectivity index (χ0n) is 8.15. The molecule has 1 heterocycles. The minimum absolute atomic E-state index is 0.378. The van der Waals surface area contributed by atoms with Gasteiger partial charge in [-0.2, -0.15) is 0 Å². The summed E-state index contributed by atoms with van der Waals surface area (Å²) in [7, 11) is -1.09. The molecule has 0 aliphatic carbocycles. The maximum atomic E-state index is 11.2. The van der Waals surface area contributed by atoms with Gasteiger partial charge in [-0.25, -0.2) is 4.79 Å². The summed E-state index contributed by atoms with van der Waals surface area (Å²) in [5.41, 5.74) is 2.16. The molecule has 1 aliphatic rings. The molecule has 2 rings (SSSR count). The normalized spacial score (nSPS) is 14.6. The SMILES string of the molecule is CC(C)c1ccc2c(c1)B(O)OC2=O. The van der Waals surface area contributed by atoms with Crippen molar-refractivity contribution in [3.05, 3.63) is 29.3 Å². The van der Waals surface area contributed by atoms with Crippen LogP contribution in [0.3, 0.4) is 0 Å². The average Bonchev–Trinajstić information content (AvgIpc) is 2.42. The van der Waals surface area contributed by atoms with Gasteiger partial charge in [0.15, 0.2) is 0 Å². The summed E-state index contributed by atoms with van der Waals surface area (Å²) < 4.78 is 4.68. The largest absolute Gasteiger partial charge is 0.563 e. The van der Waals surface area contributed by atoms with Crippen LogP contribution in [-0.4, -0.2) is 18.1 Å². The van der Waals surface area contributed by atoms with E-state index in [-0.39, 0.29) is 0 Å². The first-order valence-electron chi connectivity index (χ1n) is 4.62. The van der Waals surface area contributed by atoms with Crippen LogP contribution in [0.5, 0.6) is 0 Å². The van der Waals surface area contributed by atoms with Gasteiger partial charge >= 0.3 is 13.1 Å². The fourth-order valence-electron chi connectivity index (χ4n) is 1.56. The van der Waals surface area contributed by atoms with Crippen molar-refractivity contribution in [1.82, 2.24) is 0 Å². The van der Waals surface area contributed by atoms with Crippen molar-refractivity contribution in [3.8, 4) is 0 Å². The Bertz CT molecular complexity index is 387. The molecule has 1 aromatic carbocycles. The lowest BCUT2D eigenvalue weighted by atomic mass is 9.78. The number of benzene rings is 1. The minimum atomic E-state index is -1.09. The first kappa shape index (κ1) is 9.28. The molecule has 0 amide bonds. The molecule has 72 valence electrons. The van der Waals surface area contributed by atoms with Crippen LogP contribution in [0.4, 0.5) is 0 Å². The van der Waals surface area contributed by atoms with Crippen molar-refractivity contribution < 1.29 is 14.5 Å². The molecular weight excluding hydrogens is 179 g/mol. The lowest BCUT2D eigenvalue weighted by molar-refractivity contribution is 0.0728. The fraction of sp³-hybridized carbons (Fsp3) is 0.300. The molecule has 3 nitrogen and oxygen atoms in total. The molecule has 1 N–H and O–H groups in total. The highest BCUT2D eigenvalue weighted by atomic mass is 16.6. The maximum Gasteiger partial charge on any atom is 0.563 e. The van der Waals surface area contributed by atoms with Crippen molar-refractivity contribution in [1.29, 1.82) is 0 Å². The van der Waals surface area contributed by atoms with Gasteiger partial charge in [0, 0.05) is 5.46 Å². The van der Waals surface area contributed by atoms with Gasteiger partial charge in [-0.1, -0.05) is 26.0 Å². The van der Waals surface area contributed by atoms with Gasteiger partial charge in [0.25, 0.3) is 0 Å². The fourth-order valence-corrected chi connectivity index (χ4v) is 1.56. The zero-order chi connectivity index (χ0) is 10.3. The van der Waals surface area contributed by atoms with E-state index in [9.17, 15) is 9.82 Å². The number of carbonyl (C=O) groups is 1. The molecule has 0 atom stereocenters. The maximum absolute atomic E-state index is 11.2. The van der Waals surface area contributed by atoms with E-state index in [1.54, 1.807) is 6.07 Å². The van der Waals surface area contributed by atoms with Crippen LogP contribution in [-0.2, 0) is 4.65 Å². The Hall–Kier alpha value is -1.29. The monoisotopic (exact) mass is 190 g/mol. The Morgan fingerprint density at radius 2 is 2.14 bits per heavy atom. The summed E-state index contributed by atoms with van der Waals surface area (Å²) in [4.78, 5) is 11.2. The molecule has 1 aliphatic heterocycles. The molecule has 0 bridgehead atoms. The Morgan fingerprint density at radius 1 is 1.43 bits per heavy atom. The molecule has 0 radical (unpaired) electrons. The average molecular weight is 190 g/mol. The number of rotatable bonds is 1. The topological polar surface area (TPSA) is 46.5 Å². The van der Waals surface area contributed by atoms with E-state index in [1.807, 2.05) is 12.1 Å². The van der Waals surface area contributed by atoms with Gasteiger partial charge in [0.05, 0.1) is 5.56 Å². The van der Waals surface area contributed by atoms with Gasteiger partial charge in [0.2, 0.25) is 0 Å². The van der Waals surface area contributed by atoms with E-state index in [4.69, 9.17) is 0 Å². The van der Waals surface area contributed by atoms with Crippen LogP contribution in [0, 0.1) is 0 Å². The zero-order valence-corrected chi connectivity index (χ0v) is 8.15. The summed E-state index contributed by atoms with van der Waals surface area (Å²) in [5.74, 6) is -0.0639. The number of carbonyl (C=O) groups excluding carboxylic acids is 1. The Morgan fingerprint density at radius 3 is 2.79 bits per heavy atom. The van der Waals surface area contributed by atoms with Crippen LogP contribution < -0.4 is 5.46 Å². The second-order valence-electron chi connectivity index (χ2n) is 3.76. The van der Waals surface area contributed by atoms with Gasteiger partial charge < -0.3 is 9.68 Å². The lowest BCUT2D eigenvalue weighted by Crippen LogP contribution is -2.28. The van der Waals surface area contributed by atoms with Crippen molar-refractivity contribution in [2.75, 3.05) is 0 Å². The predicted octanol–water partition coefficient (Wildman–Crippen LogP) is 0.668. The number of hydrogen-bond donors (Lipinski definition) is 1. The smallest absolute Gasteiger partial charge is 0.502 e. The quantitative estimate of drug-likeness (QED) is 0.662. The highest BCUT2D eigenvalue weighted by molar-refractivity contribution is 6.66. The molecule has 0 saturated carbocycles. The van der Waals surface area contributed by atoms with Gasteiger partial charge in [-0.3, -0.25) is 0 Å². The van der Waals surface area contributed by atoms with E-state index < -0.39 is 13.1 Å². The first-order chi connectivity index (χ1) is 6.59. The second kappa shape index (κ2) is 3.13. The highest BCUT2D eigenvalue weighted by Gasteiger charge is 2.35. The number of hydrogen-bond acceptors (Lipinski definition) is 3. The van der Waals surface area contributed by atoms with Crippen LogP contribution in [0.15, 0.2) is 18.2 Å². The molecule has 0 unspecified atom stereocenters. The van der Waals surface area contributed by atoms with Crippen molar-refractivity contribution in [3.63, 3.8) is 0 Å². The first-order valence-corrected chi connectivity index (χ1v) is 4.62. The van der Waals surface area contributed by atoms with Crippen molar-refractivity contribution in [2.24, 2.45) is 0 Å². The molecule has 0 aromatic heterocycles. The van der Waals surface area contributed by atoms with Crippen LogP contribution in [0.1, 0.15) is 35.7 Å². The predicted molar refractivity (Wildman–Crippen MR) is 53.6 cm³/mol. The molecule has 0 saturated heterocycles. The molecule has 0 spiro atoms. The minimum Gasteiger partial charge on any atom is -0.502 e. The third-order valence-corrected chi connectivity index (χ3v) is 2.45. The summed E-state index contributed by atoms with van der Waals surface area (Å²) in [6.07, 6.45) is 0. The summed E-state index contributed by atoms with van der Waals surface area (Å²) in [5, 5.41) is 9.41. The molecular formula is C10H11BO3. The molecule has 4 heteroatoms. The van der Waals surface area contributed by atoms with E-state index in [1.165, 1.54) is 0 Å². The van der Waals surface area contributed by atoms with Gasteiger partial charge in [0.1, 0.15) is 0 Å². The summed E-state index contributed by atoms with van der Waals surface area (Å²) in [6, 6.07) is 5.43. The Kier molecular flexibility index (Phi) is 2.08. The van der Waals surface area contributed by atoms with E-state index in [0.717, 1.165) is 5.56 Å². The Balaban J connectivity index is 2.50. The van der Waals surface area contributed by atoms with Crippen molar-refractivity contribution in [2.45, 2.75) is 19.8 Å². The third-order valence-electron chi connectivity index (χ3n) is 2.45. The lowest BCUT2D eigenvalue weighted by Gasteiger charge is -2.05. The van der Waals surface area contributed by atoms with E-state index in [2.05, 4.69) is 18.5 Å². The van der Waals surface area contributed by atoms with Gasteiger partial charge in [-0.15, -0.1) is 0 Å². The highest BCUT2D eigenvalue weighted by Crippen LogP contribution is 2.17. The van der Waals surface area contributed by atoms with Crippen molar-refractivity contribution >= 4 is 18.6 Å². The Labute approximate surface area is 82.8 Å². The van der Waals surface area contributed by atoms with E-state index >= 15 is 0 Å². The third kappa shape index (κ3) is 1.32. The molecule has 14 heavy (non-hydrogen) atoms. The summed E-state index contributed by atoms with van der Waals surface area (Å²) in [6.45, 7) is 4.12. The number of fused-ring (bicyclic) bond motifs is 1. The van der Waals surface area contributed by atoms with E-state index in [0.29, 0.717) is 16.9 Å². The van der Waals surface area contributed by atoms with Crippen LogP contribution >= 0.6 is 0 Å². The molecule has 0 fully saturated rings. The standard InChI is InChI=1S/C10H11BO3/c1-6(2)7-3-4-8-9(5-7)11(13)14-10(8)12/h3-6,13H,1-2H3. The second-order valence-corrected chi connectivity index (χ2v) is 3.76. The molecule has 1 aromatic rings. The summed E-state index contributed by atoms with van der Waals surface area (Å²) >= 11 is 0. The van der Waals surface area contributed by atoms with Gasteiger partial charge in [-0.05, 0) is 17.5 Å². The van der Waals surface area contributed by atoms with Crippen LogP contribution in [0.25, 0.3) is 0 Å².